The fourth-order valence-corrected chi connectivity index (χ4v) is 2.22. The molecule has 19 heavy (non-hydrogen) atoms. The Balaban J connectivity index is 2.37. The van der Waals surface area contributed by atoms with Gasteiger partial charge in [0.05, 0.1) is 0 Å². The summed E-state index contributed by atoms with van der Waals surface area (Å²) in [6.07, 6.45) is 1.87. The van der Waals surface area contributed by atoms with Crippen molar-refractivity contribution < 1.29 is 4.79 Å². The van der Waals surface area contributed by atoms with Gasteiger partial charge in [0.2, 0.25) is 0 Å². The highest BCUT2D eigenvalue weighted by Crippen LogP contribution is 2.26. The predicted molar refractivity (Wildman–Crippen MR) is 79.3 cm³/mol. The molecule has 1 heterocycles. The summed E-state index contributed by atoms with van der Waals surface area (Å²) in [4.78, 5) is 17.6. The molecule has 3 nitrogen and oxygen atoms in total. The summed E-state index contributed by atoms with van der Waals surface area (Å²) in [6, 6.07) is 7.93. The average Bonchev–Trinajstić information content (AvgIpc) is 2.82. The minimum Gasteiger partial charge on any atom is -0.361 e. The van der Waals surface area contributed by atoms with E-state index in [4.69, 9.17) is 0 Å². The van der Waals surface area contributed by atoms with E-state index in [1.54, 1.807) is 0 Å². The molecule has 2 rings (SSSR count). The number of nitrogens with one attached hydrogen (secondary N) is 1. The van der Waals surface area contributed by atoms with Crippen LogP contribution in [0.2, 0.25) is 0 Å². The van der Waals surface area contributed by atoms with Gasteiger partial charge in [-0.05, 0) is 30.5 Å². The van der Waals surface area contributed by atoms with Crippen molar-refractivity contribution in [1.29, 1.82) is 0 Å². The van der Waals surface area contributed by atoms with Gasteiger partial charge in [0.25, 0.3) is 5.91 Å². The number of amides is 1. The Morgan fingerprint density at radius 3 is 2.58 bits per heavy atom. The number of aromatic amines is 1. The molecular formula is C16H22N2O. The lowest BCUT2D eigenvalue weighted by molar-refractivity contribution is 0.0631. The van der Waals surface area contributed by atoms with Crippen LogP contribution in [0.1, 0.15) is 38.1 Å². The molecule has 1 aromatic carbocycles. The molecule has 0 radical (unpaired) electrons. The summed E-state index contributed by atoms with van der Waals surface area (Å²) >= 11 is 0. The zero-order valence-corrected chi connectivity index (χ0v) is 12.3. The number of aromatic nitrogens is 1. The molecule has 0 aliphatic rings. The van der Waals surface area contributed by atoms with E-state index in [-0.39, 0.29) is 17.4 Å². The molecule has 0 aliphatic carbocycles. The Morgan fingerprint density at radius 1 is 1.26 bits per heavy atom. The molecule has 1 amide bonds. The van der Waals surface area contributed by atoms with Gasteiger partial charge in [0.1, 0.15) is 0 Å². The third kappa shape index (κ3) is 2.50. The SMILES string of the molecule is CC(N(C)C(=O)c1cccc2[nH]ccc12)C(C)(C)C. The lowest BCUT2D eigenvalue weighted by Gasteiger charge is -2.35. The molecule has 3 heteroatoms. The molecule has 1 unspecified atom stereocenters. The van der Waals surface area contributed by atoms with Crippen molar-refractivity contribution in [1.82, 2.24) is 9.88 Å². The van der Waals surface area contributed by atoms with E-state index in [0.29, 0.717) is 0 Å². The van der Waals surface area contributed by atoms with Gasteiger partial charge < -0.3 is 9.88 Å². The number of H-pyrrole nitrogens is 1. The average molecular weight is 258 g/mol. The van der Waals surface area contributed by atoms with Crippen LogP contribution >= 0.6 is 0 Å². The van der Waals surface area contributed by atoms with Crippen LogP contribution in [0.15, 0.2) is 30.5 Å². The maximum atomic E-state index is 12.7. The summed E-state index contributed by atoms with van der Waals surface area (Å²) in [5, 5.41) is 0.987. The van der Waals surface area contributed by atoms with Crippen molar-refractivity contribution in [3.63, 3.8) is 0 Å². The third-order valence-corrected chi connectivity index (χ3v) is 3.98. The van der Waals surface area contributed by atoms with Crippen LogP contribution in [0.25, 0.3) is 10.9 Å². The smallest absolute Gasteiger partial charge is 0.254 e. The van der Waals surface area contributed by atoms with Crippen molar-refractivity contribution in [2.45, 2.75) is 33.7 Å². The topological polar surface area (TPSA) is 36.1 Å². The highest BCUT2D eigenvalue weighted by atomic mass is 16.2. The fraction of sp³-hybridized carbons (Fsp3) is 0.438. The lowest BCUT2D eigenvalue weighted by Crippen LogP contribution is -2.43. The van der Waals surface area contributed by atoms with Gasteiger partial charge in [0, 0.05) is 35.8 Å². The number of hydrogen-bond acceptors (Lipinski definition) is 1. The molecule has 0 aliphatic heterocycles. The molecular weight excluding hydrogens is 236 g/mol. The van der Waals surface area contributed by atoms with E-state index in [0.717, 1.165) is 16.5 Å². The van der Waals surface area contributed by atoms with Crippen LogP contribution in [-0.2, 0) is 0 Å². The number of benzene rings is 1. The Morgan fingerprint density at radius 2 is 1.95 bits per heavy atom. The van der Waals surface area contributed by atoms with Crippen LogP contribution in [0.5, 0.6) is 0 Å². The van der Waals surface area contributed by atoms with Gasteiger partial charge in [-0.15, -0.1) is 0 Å². The van der Waals surface area contributed by atoms with Gasteiger partial charge in [0.15, 0.2) is 0 Å². The first-order valence-electron chi connectivity index (χ1n) is 6.65. The first kappa shape index (κ1) is 13.7. The quantitative estimate of drug-likeness (QED) is 0.876. The predicted octanol–water partition coefficient (Wildman–Crippen LogP) is 3.67. The number of carbonyl (C=O) groups is 1. The van der Waals surface area contributed by atoms with Gasteiger partial charge >= 0.3 is 0 Å². The second-order valence-corrected chi connectivity index (χ2v) is 6.20. The first-order valence-corrected chi connectivity index (χ1v) is 6.65. The summed E-state index contributed by atoms with van der Waals surface area (Å²) in [5.74, 6) is 0.0765. The van der Waals surface area contributed by atoms with Crippen LogP contribution in [0, 0.1) is 5.41 Å². The Bertz CT molecular complexity index is 592. The number of carbonyl (C=O) groups excluding carboxylic acids is 1. The first-order chi connectivity index (χ1) is 8.82. The Hall–Kier alpha value is -1.77. The van der Waals surface area contributed by atoms with E-state index >= 15 is 0 Å². The fourth-order valence-electron chi connectivity index (χ4n) is 2.22. The minimum absolute atomic E-state index is 0.0659. The highest BCUT2D eigenvalue weighted by Gasteiger charge is 2.28. The maximum Gasteiger partial charge on any atom is 0.254 e. The van der Waals surface area contributed by atoms with Crippen LogP contribution < -0.4 is 0 Å². The molecule has 0 saturated heterocycles. The Kier molecular flexibility index (Phi) is 3.40. The number of fused-ring (bicyclic) bond motifs is 1. The highest BCUT2D eigenvalue weighted by molar-refractivity contribution is 6.06. The number of rotatable bonds is 2. The van der Waals surface area contributed by atoms with Crippen molar-refractivity contribution in [3.8, 4) is 0 Å². The summed E-state index contributed by atoms with van der Waals surface area (Å²) in [6.45, 7) is 8.55. The standard InChI is InChI=1S/C16H22N2O/c1-11(16(2,3)4)18(5)15(19)13-7-6-8-14-12(13)9-10-17-14/h6-11,17H,1-5H3. The second-order valence-electron chi connectivity index (χ2n) is 6.20. The van der Waals surface area contributed by atoms with E-state index in [9.17, 15) is 4.79 Å². The number of hydrogen-bond donors (Lipinski definition) is 1. The zero-order valence-electron chi connectivity index (χ0n) is 12.3. The molecule has 1 atom stereocenters. The normalized spacial score (nSPS) is 13.5. The minimum atomic E-state index is 0.0659. The van der Waals surface area contributed by atoms with Crippen molar-refractivity contribution in [3.05, 3.63) is 36.0 Å². The molecule has 0 bridgehead atoms. The van der Waals surface area contributed by atoms with Crippen molar-refractivity contribution in [2.24, 2.45) is 5.41 Å². The molecule has 0 spiro atoms. The van der Waals surface area contributed by atoms with Gasteiger partial charge in [-0.3, -0.25) is 4.79 Å². The van der Waals surface area contributed by atoms with E-state index in [1.807, 2.05) is 42.4 Å². The largest absolute Gasteiger partial charge is 0.361 e. The summed E-state index contributed by atoms with van der Waals surface area (Å²) in [7, 11) is 1.88. The monoisotopic (exact) mass is 258 g/mol. The summed E-state index contributed by atoms with van der Waals surface area (Å²) in [5.41, 5.74) is 1.83. The Labute approximate surface area is 114 Å². The van der Waals surface area contributed by atoms with E-state index in [1.165, 1.54) is 0 Å². The maximum absolute atomic E-state index is 12.7. The van der Waals surface area contributed by atoms with Crippen LogP contribution in [0.3, 0.4) is 0 Å². The van der Waals surface area contributed by atoms with Gasteiger partial charge in [-0.2, -0.15) is 0 Å². The molecule has 1 N–H and O–H groups in total. The molecule has 102 valence electrons. The lowest BCUT2D eigenvalue weighted by atomic mass is 9.87. The molecule has 0 fully saturated rings. The van der Waals surface area contributed by atoms with Crippen molar-refractivity contribution in [2.75, 3.05) is 7.05 Å². The third-order valence-electron chi connectivity index (χ3n) is 3.98. The molecule has 0 saturated carbocycles. The number of nitrogens with zero attached hydrogens (tertiary/aromatic N) is 1. The van der Waals surface area contributed by atoms with Crippen LogP contribution in [0.4, 0.5) is 0 Å². The molecule has 2 aromatic rings. The van der Waals surface area contributed by atoms with Crippen LogP contribution in [-0.4, -0.2) is 28.9 Å². The van der Waals surface area contributed by atoms with Gasteiger partial charge in [-0.25, -0.2) is 0 Å². The van der Waals surface area contributed by atoms with Gasteiger partial charge in [-0.1, -0.05) is 26.8 Å². The second kappa shape index (κ2) is 4.72. The summed E-state index contributed by atoms with van der Waals surface area (Å²) < 4.78 is 0. The molecule has 1 aromatic heterocycles. The van der Waals surface area contributed by atoms with E-state index in [2.05, 4.69) is 32.7 Å². The van der Waals surface area contributed by atoms with E-state index < -0.39 is 0 Å². The zero-order chi connectivity index (χ0) is 14.2. The van der Waals surface area contributed by atoms with Crippen molar-refractivity contribution >= 4 is 16.8 Å².